The second-order valence-corrected chi connectivity index (χ2v) is 4.50. The van der Waals surface area contributed by atoms with E-state index in [-0.39, 0.29) is 0 Å². The first kappa shape index (κ1) is 11.8. The number of rotatable bonds is 2. The van der Waals surface area contributed by atoms with E-state index in [4.69, 9.17) is 0 Å². The third-order valence-electron chi connectivity index (χ3n) is 2.90. The molecule has 1 N–H and O–H groups in total. The van der Waals surface area contributed by atoms with E-state index in [0.717, 1.165) is 11.3 Å². The van der Waals surface area contributed by atoms with Crippen LogP contribution in [0, 0.1) is 20.8 Å². The Hall–Kier alpha value is -1.67. The predicted molar refractivity (Wildman–Crippen MR) is 72.0 cm³/mol. The van der Waals surface area contributed by atoms with E-state index in [1.807, 2.05) is 12.2 Å². The first-order chi connectivity index (χ1) is 8.08. The summed E-state index contributed by atoms with van der Waals surface area (Å²) < 4.78 is 0. The molecule has 0 saturated carbocycles. The van der Waals surface area contributed by atoms with Crippen LogP contribution in [0.15, 0.2) is 40.9 Å². The number of hydrogen-bond donors (Lipinski definition) is 1. The van der Waals surface area contributed by atoms with Crippen LogP contribution in [0.1, 0.15) is 16.7 Å². The molecule has 0 aromatic heterocycles. The Bertz CT molecular complexity index is 501. The lowest BCUT2D eigenvalue weighted by molar-refractivity contribution is 0.268. The predicted octanol–water partition coefficient (Wildman–Crippen LogP) is 3.17. The van der Waals surface area contributed by atoms with Gasteiger partial charge in [0.05, 0.1) is 11.8 Å². The van der Waals surface area contributed by atoms with Crippen molar-refractivity contribution in [1.82, 2.24) is 0 Å². The summed E-state index contributed by atoms with van der Waals surface area (Å²) in [5.41, 5.74) is 5.42. The average Bonchev–Trinajstić information content (AvgIpc) is 2.62. The SMILES string of the molecule is Cc1cc(C)c(N=CC2=CC=CC2O)c(C)c1. The molecule has 1 unspecified atom stereocenters. The highest BCUT2D eigenvalue weighted by molar-refractivity contribution is 5.85. The molecule has 1 aliphatic carbocycles. The van der Waals surface area contributed by atoms with Gasteiger partial charge in [-0.2, -0.15) is 0 Å². The van der Waals surface area contributed by atoms with Crippen molar-refractivity contribution in [3.05, 3.63) is 52.6 Å². The number of benzene rings is 1. The van der Waals surface area contributed by atoms with Gasteiger partial charge in [-0.05, 0) is 31.9 Å². The highest BCUT2D eigenvalue weighted by Crippen LogP contribution is 2.25. The third kappa shape index (κ3) is 2.53. The zero-order valence-corrected chi connectivity index (χ0v) is 10.4. The zero-order chi connectivity index (χ0) is 12.4. The molecule has 2 nitrogen and oxygen atoms in total. The van der Waals surface area contributed by atoms with Gasteiger partial charge in [-0.25, -0.2) is 0 Å². The second-order valence-electron chi connectivity index (χ2n) is 4.50. The first-order valence-corrected chi connectivity index (χ1v) is 5.76. The number of aliphatic imine (C=N–C) groups is 1. The molecule has 17 heavy (non-hydrogen) atoms. The van der Waals surface area contributed by atoms with Crippen LogP contribution in [-0.4, -0.2) is 17.4 Å². The van der Waals surface area contributed by atoms with Gasteiger partial charge in [0.1, 0.15) is 0 Å². The summed E-state index contributed by atoms with van der Waals surface area (Å²) in [7, 11) is 0. The molecule has 0 spiro atoms. The lowest BCUT2D eigenvalue weighted by Crippen LogP contribution is -2.03. The van der Waals surface area contributed by atoms with Crippen LogP contribution in [0.4, 0.5) is 5.69 Å². The molecular formula is C15H17NO. The van der Waals surface area contributed by atoms with Gasteiger partial charge in [0.2, 0.25) is 0 Å². The molecule has 0 saturated heterocycles. The van der Waals surface area contributed by atoms with Crippen molar-refractivity contribution in [2.75, 3.05) is 0 Å². The Morgan fingerprint density at radius 3 is 2.35 bits per heavy atom. The molecule has 1 aliphatic rings. The van der Waals surface area contributed by atoms with E-state index in [9.17, 15) is 5.11 Å². The van der Waals surface area contributed by atoms with Crippen LogP contribution in [0.5, 0.6) is 0 Å². The molecular weight excluding hydrogens is 210 g/mol. The van der Waals surface area contributed by atoms with E-state index in [2.05, 4.69) is 37.9 Å². The number of aliphatic hydroxyl groups excluding tert-OH is 1. The lowest BCUT2D eigenvalue weighted by Gasteiger charge is -2.07. The molecule has 2 heteroatoms. The monoisotopic (exact) mass is 227 g/mol. The van der Waals surface area contributed by atoms with Crippen molar-refractivity contribution < 1.29 is 5.11 Å². The summed E-state index contributed by atoms with van der Waals surface area (Å²) in [5.74, 6) is 0. The largest absolute Gasteiger partial charge is 0.384 e. The maximum absolute atomic E-state index is 9.60. The maximum Gasteiger partial charge on any atom is 0.0989 e. The first-order valence-electron chi connectivity index (χ1n) is 5.76. The van der Waals surface area contributed by atoms with Crippen molar-refractivity contribution >= 4 is 11.9 Å². The fraction of sp³-hybridized carbons (Fsp3) is 0.267. The molecule has 0 aliphatic heterocycles. The minimum absolute atomic E-state index is 0.509. The summed E-state index contributed by atoms with van der Waals surface area (Å²) in [4.78, 5) is 4.49. The molecule has 0 radical (unpaired) electrons. The number of nitrogens with zero attached hydrogens (tertiary/aromatic N) is 1. The van der Waals surface area contributed by atoms with Gasteiger partial charge in [0.25, 0.3) is 0 Å². The Balaban J connectivity index is 2.28. The van der Waals surface area contributed by atoms with Crippen LogP contribution < -0.4 is 0 Å². The summed E-state index contributed by atoms with van der Waals surface area (Å²) in [5, 5.41) is 9.60. The van der Waals surface area contributed by atoms with Crippen molar-refractivity contribution in [3.8, 4) is 0 Å². The highest BCUT2D eigenvalue weighted by Gasteiger charge is 2.09. The normalized spacial score (nSPS) is 19.1. The summed E-state index contributed by atoms with van der Waals surface area (Å²) in [6.45, 7) is 6.20. The molecule has 0 amide bonds. The molecule has 0 fully saturated rings. The molecule has 1 aromatic rings. The summed E-state index contributed by atoms with van der Waals surface area (Å²) in [6, 6.07) is 4.24. The van der Waals surface area contributed by atoms with E-state index in [1.165, 1.54) is 16.7 Å². The van der Waals surface area contributed by atoms with Crippen LogP contribution in [0.3, 0.4) is 0 Å². The van der Waals surface area contributed by atoms with Crippen LogP contribution in [0.25, 0.3) is 0 Å². The molecule has 2 rings (SSSR count). The fourth-order valence-corrected chi connectivity index (χ4v) is 2.12. The minimum Gasteiger partial charge on any atom is -0.384 e. The van der Waals surface area contributed by atoms with Crippen LogP contribution in [0.2, 0.25) is 0 Å². The third-order valence-corrected chi connectivity index (χ3v) is 2.90. The molecule has 0 heterocycles. The van der Waals surface area contributed by atoms with E-state index >= 15 is 0 Å². The van der Waals surface area contributed by atoms with E-state index < -0.39 is 6.10 Å². The summed E-state index contributed by atoms with van der Waals surface area (Å²) in [6.07, 6.45) is 6.71. The van der Waals surface area contributed by atoms with Crippen molar-refractivity contribution in [3.63, 3.8) is 0 Å². The van der Waals surface area contributed by atoms with Gasteiger partial charge in [-0.1, -0.05) is 35.9 Å². The van der Waals surface area contributed by atoms with E-state index in [1.54, 1.807) is 12.3 Å². The van der Waals surface area contributed by atoms with Gasteiger partial charge in [0.15, 0.2) is 0 Å². The van der Waals surface area contributed by atoms with Gasteiger partial charge in [-0.15, -0.1) is 0 Å². The van der Waals surface area contributed by atoms with Gasteiger partial charge < -0.3 is 5.11 Å². The Labute approximate surface area is 102 Å². The Kier molecular flexibility index (Phi) is 3.25. The van der Waals surface area contributed by atoms with Crippen LogP contribution >= 0.6 is 0 Å². The van der Waals surface area contributed by atoms with Crippen molar-refractivity contribution in [2.24, 2.45) is 4.99 Å². The number of allylic oxidation sites excluding steroid dienone is 2. The highest BCUT2D eigenvalue weighted by atomic mass is 16.3. The van der Waals surface area contributed by atoms with Gasteiger partial charge in [0, 0.05) is 11.8 Å². The van der Waals surface area contributed by atoms with Crippen LogP contribution in [-0.2, 0) is 0 Å². The van der Waals surface area contributed by atoms with Crippen molar-refractivity contribution in [2.45, 2.75) is 26.9 Å². The standard InChI is InChI=1S/C15H17NO/c1-10-7-11(2)15(12(3)8-10)16-9-13-5-4-6-14(13)17/h4-9,14,17H,1-3H3. The Morgan fingerprint density at radius 2 is 1.82 bits per heavy atom. The molecule has 0 bridgehead atoms. The zero-order valence-electron chi connectivity index (χ0n) is 10.4. The smallest absolute Gasteiger partial charge is 0.0989 e. The summed E-state index contributed by atoms with van der Waals surface area (Å²) >= 11 is 0. The van der Waals surface area contributed by atoms with Crippen molar-refractivity contribution in [1.29, 1.82) is 0 Å². The minimum atomic E-state index is -0.509. The fourth-order valence-electron chi connectivity index (χ4n) is 2.12. The molecule has 88 valence electrons. The second kappa shape index (κ2) is 4.68. The number of aryl methyl sites for hydroxylation is 3. The van der Waals surface area contributed by atoms with E-state index in [0.29, 0.717) is 0 Å². The average molecular weight is 227 g/mol. The number of hydrogen-bond acceptors (Lipinski definition) is 2. The van der Waals surface area contributed by atoms with Gasteiger partial charge >= 0.3 is 0 Å². The molecule has 1 atom stereocenters. The van der Waals surface area contributed by atoms with Gasteiger partial charge in [-0.3, -0.25) is 4.99 Å². The number of aliphatic hydroxyl groups is 1. The molecule has 1 aromatic carbocycles. The maximum atomic E-state index is 9.60. The quantitative estimate of drug-likeness (QED) is 0.773. The Morgan fingerprint density at radius 1 is 1.18 bits per heavy atom. The topological polar surface area (TPSA) is 32.6 Å². The lowest BCUT2D eigenvalue weighted by atomic mass is 10.1.